The number of amides is 1. The minimum Gasteiger partial charge on any atom is -0.351 e. The van der Waals surface area contributed by atoms with Crippen LogP contribution in [-0.4, -0.2) is 35.3 Å². The fourth-order valence-corrected chi connectivity index (χ4v) is 2.43. The second kappa shape index (κ2) is 9.80. The van der Waals surface area contributed by atoms with Crippen LogP contribution in [0.2, 0.25) is 0 Å². The Morgan fingerprint density at radius 3 is 2.48 bits per heavy atom. The summed E-state index contributed by atoms with van der Waals surface area (Å²) in [6.45, 7) is 9.83. The van der Waals surface area contributed by atoms with Gasteiger partial charge in [-0.3, -0.25) is 9.48 Å². The second-order valence-corrected chi connectivity index (χ2v) is 7.14. The number of carbonyl (C=O) groups is 1. The van der Waals surface area contributed by atoms with Crippen molar-refractivity contribution in [2.75, 3.05) is 19.6 Å². The molecule has 2 aromatic rings. The van der Waals surface area contributed by atoms with Gasteiger partial charge in [0.15, 0.2) is 0 Å². The third-order valence-corrected chi connectivity index (χ3v) is 3.85. The molecule has 1 amide bonds. The number of carbonyl (C=O) groups excluding carboxylic acids is 1. The number of hydrogen-bond donors (Lipinski definition) is 2. The van der Waals surface area contributed by atoms with Crippen molar-refractivity contribution in [1.82, 2.24) is 20.4 Å². The van der Waals surface area contributed by atoms with Gasteiger partial charge in [0.25, 0.3) is 5.91 Å². The number of aromatic nitrogens is 2. The summed E-state index contributed by atoms with van der Waals surface area (Å²) in [5.41, 5.74) is 0.188. The first-order chi connectivity index (χ1) is 12.2. The Hall–Kier alpha value is -1.99. The van der Waals surface area contributed by atoms with Gasteiger partial charge < -0.3 is 10.6 Å². The van der Waals surface area contributed by atoms with E-state index in [0.717, 1.165) is 25.1 Å². The number of benzene rings is 1. The molecule has 1 heterocycles. The van der Waals surface area contributed by atoms with Crippen molar-refractivity contribution < 1.29 is 13.6 Å². The first-order valence-corrected chi connectivity index (χ1v) is 8.78. The van der Waals surface area contributed by atoms with E-state index < -0.39 is 11.6 Å². The van der Waals surface area contributed by atoms with Crippen LogP contribution in [0.5, 0.6) is 0 Å². The molecule has 0 radical (unpaired) electrons. The molecular formula is C19H27ClF2N4O. The zero-order valence-electron chi connectivity index (χ0n) is 16.1. The van der Waals surface area contributed by atoms with E-state index in [9.17, 15) is 13.6 Å². The average molecular weight is 401 g/mol. The SMILES string of the molecule is CCCNCCNC(=O)c1cn(C(C)(C)C)nc1-c1ccc(F)cc1F.Cl. The summed E-state index contributed by atoms with van der Waals surface area (Å²) in [5.74, 6) is -1.75. The zero-order chi connectivity index (χ0) is 19.3. The topological polar surface area (TPSA) is 58.9 Å². The lowest BCUT2D eigenvalue weighted by molar-refractivity contribution is 0.0954. The predicted molar refractivity (Wildman–Crippen MR) is 105 cm³/mol. The van der Waals surface area contributed by atoms with E-state index in [2.05, 4.69) is 22.7 Å². The van der Waals surface area contributed by atoms with Crippen LogP contribution in [0, 0.1) is 11.6 Å². The molecule has 0 aliphatic carbocycles. The number of nitrogens with zero attached hydrogens (tertiary/aromatic N) is 2. The summed E-state index contributed by atoms with van der Waals surface area (Å²) in [7, 11) is 0. The number of halogens is 3. The largest absolute Gasteiger partial charge is 0.351 e. The maximum atomic E-state index is 14.2. The van der Waals surface area contributed by atoms with Gasteiger partial charge >= 0.3 is 0 Å². The van der Waals surface area contributed by atoms with Crippen LogP contribution in [0.15, 0.2) is 24.4 Å². The number of nitrogens with one attached hydrogen (secondary N) is 2. The van der Waals surface area contributed by atoms with Crippen molar-refractivity contribution in [2.24, 2.45) is 0 Å². The van der Waals surface area contributed by atoms with Gasteiger partial charge in [-0.15, -0.1) is 12.4 Å². The molecular weight excluding hydrogens is 374 g/mol. The summed E-state index contributed by atoms with van der Waals surface area (Å²) >= 11 is 0. The van der Waals surface area contributed by atoms with Gasteiger partial charge in [-0.05, 0) is 45.9 Å². The van der Waals surface area contributed by atoms with Gasteiger partial charge in [-0.25, -0.2) is 8.78 Å². The summed E-state index contributed by atoms with van der Waals surface area (Å²) < 4.78 is 29.1. The van der Waals surface area contributed by atoms with Crippen LogP contribution in [0.1, 0.15) is 44.5 Å². The molecule has 0 saturated carbocycles. The molecule has 2 N–H and O–H groups in total. The molecule has 1 aromatic carbocycles. The van der Waals surface area contributed by atoms with E-state index in [1.165, 1.54) is 6.07 Å². The van der Waals surface area contributed by atoms with Crippen LogP contribution >= 0.6 is 12.4 Å². The fourth-order valence-electron chi connectivity index (χ4n) is 2.43. The summed E-state index contributed by atoms with van der Waals surface area (Å²) in [4.78, 5) is 12.6. The van der Waals surface area contributed by atoms with Gasteiger partial charge in [0.05, 0.1) is 11.1 Å². The van der Waals surface area contributed by atoms with Crippen LogP contribution in [-0.2, 0) is 5.54 Å². The highest BCUT2D eigenvalue weighted by Crippen LogP contribution is 2.28. The van der Waals surface area contributed by atoms with E-state index >= 15 is 0 Å². The standard InChI is InChI=1S/C19H26F2N4O.ClH/c1-5-8-22-9-10-23-18(26)15-12-25(19(2,3)4)24-17(15)14-7-6-13(20)11-16(14)21;/h6-7,11-12,22H,5,8-10H2,1-4H3,(H,23,26);1H. The van der Waals surface area contributed by atoms with Crippen molar-refractivity contribution >= 4 is 18.3 Å². The molecule has 0 aliphatic rings. The maximum Gasteiger partial charge on any atom is 0.255 e. The van der Waals surface area contributed by atoms with E-state index in [4.69, 9.17) is 0 Å². The van der Waals surface area contributed by atoms with Crippen LogP contribution < -0.4 is 10.6 Å². The zero-order valence-corrected chi connectivity index (χ0v) is 16.9. The highest BCUT2D eigenvalue weighted by Gasteiger charge is 2.24. The molecule has 1 aromatic heterocycles. The quantitative estimate of drug-likeness (QED) is 0.696. The Morgan fingerprint density at radius 1 is 1.19 bits per heavy atom. The van der Waals surface area contributed by atoms with Crippen molar-refractivity contribution in [3.63, 3.8) is 0 Å². The van der Waals surface area contributed by atoms with Crippen LogP contribution in [0.3, 0.4) is 0 Å². The van der Waals surface area contributed by atoms with E-state index in [1.807, 2.05) is 20.8 Å². The highest BCUT2D eigenvalue weighted by molar-refractivity contribution is 5.99. The molecule has 0 fully saturated rings. The van der Waals surface area contributed by atoms with Crippen molar-refractivity contribution in [2.45, 2.75) is 39.7 Å². The summed E-state index contributed by atoms with van der Waals surface area (Å²) in [6, 6.07) is 3.26. The second-order valence-electron chi connectivity index (χ2n) is 7.14. The summed E-state index contributed by atoms with van der Waals surface area (Å²) in [5, 5.41) is 10.4. The molecule has 0 unspecified atom stereocenters. The Morgan fingerprint density at radius 2 is 1.89 bits per heavy atom. The maximum absolute atomic E-state index is 14.2. The summed E-state index contributed by atoms with van der Waals surface area (Å²) in [6.07, 6.45) is 2.62. The fraction of sp³-hybridized carbons (Fsp3) is 0.474. The molecule has 8 heteroatoms. The van der Waals surface area contributed by atoms with Crippen molar-refractivity contribution in [3.8, 4) is 11.3 Å². The lowest BCUT2D eigenvalue weighted by Gasteiger charge is -2.18. The molecule has 0 spiro atoms. The number of rotatable bonds is 7. The molecule has 0 saturated heterocycles. The Labute approximate surface area is 164 Å². The average Bonchev–Trinajstić information content (AvgIpc) is 3.00. The van der Waals surface area contributed by atoms with Gasteiger partial charge in [0.2, 0.25) is 0 Å². The van der Waals surface area contributed by atoms with Crippen molar-refractivity contribution in [1.29, 1.82) is 0 Å². The molecule has 5 nitrogen and oxygen atoms in total. The minimum atomic E-state index is -0.747. The van der Waals surface area contributed by atoms with Gasteiger partial charge in [-0.2, -0.15) is 5.10 Å². The molecule has 27 heavy (non-hydrogen) atoms. The highest BCUT2D eigenvalue weighted by atomic mass is 35.5. The third kappa shape index (κ3) is 6.01. The minimum absolute atomic E-state index is 0. The first-order valence-electron chi connectivity index (χ1n) is 8.78. The molecule has 2 rings (SSSR count). The molecule has 150 valence electrons. The monoisotopic (exact) mass is 400 g/mol. The van der Waals surface area contributed by atoms with Crippen molar-refractivity contribution in [3.05, 3.63) is 41.6 Å². The first kappa shape index (κ1) is 23.0. The Kier molecular flexibility index (Phi) is 8.37. The predicted octanol–water partition coefficient (Wildman–Crippen LogP) is 3.73. The Bertz CT molecular complexity index is 772. The smallest absolute Gasteiger partial charge is 0.255 e. The van der Waals surface area contributed by atoms with Crippen LogP contribution in [0.4, 0.5) is 8.78 Å². The van der Waals surface area contributed by atoms with E-state index in [-0.39, 0.29) is 40.7 Å². The molecule has 0 bridgehead atoms. The molecule has 0 aliphatic heterocycles. The van der Waals surface area contributed by atoms with E-state index in [0.29, 0.717) is 13.1 Å². The van der Waals surface area contributed by atoms with Gasteiger partial charge in [0.1, 0.15) is 17.3 Å². The normalized spacial score (nSPS) is 11.2. The molecule has 0 atom stereocenters. The third-order valence-electron chi connectivity index (χ3n) is 3.85. The lowest BCUT2D eigenvalue weighted by atomic mass is 10.1. The van der Waals surface area contributed by atoms with E-state index in [1.54, 1.807) is 10.9 Å². The Balaban J connectivity index is 0.00000364. The lowest BCUT2D eigenvalue weighted by Crippen LogP contribution is -2.32. The van der Waals surface area contributed by atoms with Crippen LogP contribution in [0.25, 0.3) is 11.3 Å². The number of hydrogen-bond acceptors (Lipinski definition) is 3. The van der Waals surface area contributed by atoms with Gasteiger partial charge in [0, 0.05) is 30.9 Å². The van der Waals surface area contributed by atoms with Gasteiger partial charge in [-0.1, -0.05) is 6.92 Å².